The van der Waals surface area contributed by atoms with Crippen LogP contribution in [0, 0.1) is 0 Å². The summed E-state index contributed by atoms with van der Waals surface area (Å²) in [7, 11) is 1.69. The minimum Gasteiger partial charge on any atom is -0.494 e. The largest absolute Gasteiger partial charge is 0.494 e. The Hall–Kier alpha value is -1.79. The zero-order valence-corrected chi connectivity index (χ0v) is 14.4. The molecular weight excluding hydrogens is 362 g/mol. The Morgan fingerprint density at radius 2 is 2.14 bits per heavy atom. The van der Waals surface area contributed by atoms with E-state index in [1.165, 1.54) is 10.4 Å². The molecule has 4 rings (SSSR count). The van der Waals surface area contributed by atoms with E-state index in [9.17, 15) is 0 Å². The Labute approximate surface area is 140 Å². The van der Waals surface area contributed by atoms with Gasteiger partial charge in [0, 0.05) is 12.1 Å². The topological polar surface area (TPSA) is 39.1 Å². The van der Waals surface area contributed by atoms with Crippen molar-refractivity contribution in [2.45, 2.75) is 6.42 Å². The van der Waals surface area contributed by atoms with Gasteiger partial charge in [0.2, 0.25) is 0 Å². The summed E-state index contributed by atoms with van der Waals surface area (Å²) in [5, 5.41) is 8.31. The molecule has 1 aliphatic rings. The van der Waals surface area contributed by atoms with Gasteiger partial charge in [0.25, 0.3) is 0 Å². The molecule has 3 heterocycles. The third-order valence-electron chi connectivity index (χ3n) is 3.77. The maximum absolute atomic E-state index is 5.49. The fraction of sp³-hybridized carbons (Fsp3) is 0.188. The summed E-state index contributed by atoms with van der Waals surface area (Å²) >= 11 is 5.24. The number of para-hydroxylation sites is 2. The predicted octanol–water partition coefficient (Wildman–Crippen LogP) is 4.34. The summed E-state index contributed by atoms with van der Waals surface area (Å²) in [4.78, 5) is 1.18. The average molecular weight is 376 g/mol. The molecule has 22 heavy (non-hydrogen) atoms. The first kappa shape index (κ1) is 13.8. The highest BCUT2D eigenvalue weighted by Gasteiger charge is 2.25. The summed E-state index contributed by atoms with van der Waals surface area (Å²) in [5.41, 5.74) is 3.29. The van der Waals surface area contributed by atoms with Crippen molar-refractivity contribution in [3.8, 4) is 22.0 Å². The lowest BCUT2D eigenvalue weighted by atomic mass is 10.2. The van der Waals surface area contributed by atoms with Crippen molar-refractivity contribution in [2.75, 3.05) is 19.0 Å². The summed E-state index contributed by atoms with van der Waals surface area (Å²) in [6, 6.07) is 12.1. The number of hydrogen-bond acceptors (Lipinski definition) is 4. The maximum Gasteiger partial charge on any atom is 0.144 e. The molecule has 0 fully saturated rings. The standard InChI is InChI=1S/C16H14BrN3OS/c1-21-12-5-3-2-4-11(12)20-16-10(8-9-18-16)15(19-20)13-6-7-14(17)22-13/h2-7,18H,8-9H2,1H3. The molecule has 0 amide bonds. The maximum atomic E-state index is 5.49. The smallest absolute Gasteiger partial charge is 0.144 e. The van der Waals surface area contributed by atoms with E-state index in [4.69, 9.17) is 9.84 Å². The van der Waals surface area contributed by atoms with Gasteiger partial charge in [-0.15, -0.1) is 11.3 Å². The molecule has 3 aromatic rings. The highest BCUT2D eigenvalue weighted by Crippen LogP contribution is 2.39. The SMILES string of the molecule is COc1ccccc1-n1nc(-c2ccc(Br)s2)c2c1NCC2. The number of fused-ring (bicyclic) bond motifs is 1. The highest BCUT2D eigenvalue weighted by atomic mass is 79.9. The highest BCUT2D eigenvalue weighted by molar-refractivity contribution is 9.11. The van der Waals surface area contributed by atoms with Crippen LogP contribution in [0.1, 0.15) is 5.56 Å². The van der Waals surface area contributed by atoms with E-state index in [2.05, 4.69) is 33.4 Å². The first-order chi connectivity index (χ1) is 10.8. The van der Waals surface area contributed by atoms with E-state index in [1.54, 1.807) is 18.4 Å². The van der Waals surface area contributed by atoms with Crippen LogP contribution in [-0.4, -0.2) is 23.4 Å². The Morgan fingerprint density at radius 1 is 1.27 bits per heavy atom. The number of ether oxygens (including phenoxy) is 1. The summed E-state index contributed by atoms with van der Waals surface area (Å²) in [5.74, 6) is 1.89. The molecule has 6 heteroatoms. The van der Waals surface area contributed by atoms with Gasteiger partial charge in [-0.1, -0.05) is 12.1 Å². The molecular formula is C16H14BrN3OS. The Balaban J connectivity index is 1.91. The van der Waals surface area contributed by atoms with Crippen LogP contribution in [0.2, 0.25) is 0 Å². The molecule has 4 nitrogen and oxygen atoms in total. The van der Waals surface area contributed by atoms with Crippen molar-refractivity contribution in [1.82, 2.24) is 9.78 Å². The van der Waals surface area contributed by atoms with Crippen molar-refractivity contribution < 1.29 is 4.74 Å². The van der Waals surface area contributed by atoms with Crippen LogP contribution in [-0.2, 0) is 6.42 Å². The van der Waals surface area contributed by atoms with Gasteiger partial charge >= 0.3 is 0 Å². The average Bonchev–Trinajstić information content (AvgIpc) is 3.23. The fourth-order valence-corrected chi connectivity index (χ4v) is 4.19. The van der Waals surface area contributed by atoms with Gasteiger partial charge in [-0.2, -0.15) is 5.10 Å². The van der Waals surface area contributed by atoms with E-state index in [0.717, 1.165) is 39.7 Å². The van der Waals surface area contributed by atoms with Crippen molar-refractivity contribution in [3.05, 3.63) is 45.7 Å². The zero-order chi connectivity index (χ0) is 15.1. The number of rotatable bonds is 3. The lowest BCUT2D eigenvalue weighted by molar-refractivity contribution is 0.412. The molecule has 0 saturated carbocycles. The van der Waals surface area contributed by atoms with Crippen LogP contribution in [0.25, 0.3) is 16.3 Å². The number of halogens is 1. The van der Waals surface area contributed by atoms with E-state index >= 15 is 0 Å². The van der Waals surface area contributed by atoms with Gasteiger partial charge < -0.3 is 10.1 Å². The molecule has 2 aromatic heterocycles. The summed E-state index contributed by atoms with van der Waals surface area (Å²) in [6.45, 7) is 0.946. The van der Waals surface area contributed by atoms with E-state index in [0.29, 0.717) is 0 Å². The molecule has 1 N–H and O–H groups in total. The molecule has 0 atom stereocenters. The predicted molar refractivity (Wildman–Crippen MR) is 93.3 cm³/mol. The van der Waals surface area contributed by atoms with Gasteiger partial charge in [0.1, 0.15) is 22.9 Å². The van der Waals surface area contributed by atoms with Crippen molar-refractivity contribution in [2.24, 2.45) is 0 Å². The van der Waals surface area contributed by atoms with Crippen LogP contribution in [0.15, 0.2) is 40.2 Å². The number of methoxy groups -OCH3 is 1. The molecule has 0 spiro atoms. The zero-order valence-electron chi connectivity index (χ0n) is 12.0. The van der Waals surface area contributed by atoms with Crippen LogP contribution < -0.4 is 10.1 Å². The molecule has 0 aliphatic carbocycles. The molecule has 1 aliphatic heterocycles. The van der Waals surface area contributed by atoms with E-state index in [1.807, 2.05) is 28.9 Å². The quantitative estimate of drug-likeness (QED) is 0.739. The number of thiophene rings is 1. The minimum atomic E-state index is 0.820. The van der Waals surface area contributed by atoms with Crippen molar-refractivity contribution >= 4 is 33.1 Å². The van der Waals surface area contributed by atoms with Crippen molar-refractivity contribution in [1.29, 1.82) is 0 Å². The van der Waals surface area contributed by atoms with E-state index in [-0.39, 0.29) is 0 Å². The van der Waals surface area contributed by atoms with Gasteiger partial charge in [-0.3, -0.25) is 0 Å². The first-order valence-corrected chi connectivity index (χ1v) is 8.64. The number of hydrogen-bond donors (Lipinski definition) is 1. The fourth-order valence-electron chi connectivity index (χ4n) is 2.79. The Bertz CT molecular complexity index is 840. The van der Waals surface area contributed by atoms with Gasteiger partial charge in [0.15, 0.2) is 0 Å². The van der Waals surface area contributed by atoms with E-state index < -0.39 is 0 Å². The Kier molecular flexibility index (Phi) is 3.43. The molecule has 0 saturated heterocycles. The van der Waals surface area contributed by atoms with Crippen LogP contribution in [0.5, 0.6) is 5.75 Å². The van der Waals surface area contributed by atoms with Gasteiger partial charge in [-0.25, -0.2) is 4.68 Å². The second-order valence-electron chi connectivity index (χ2n) is 5.04. The lowest BCUT2D eigenvalue weighted by Gasteiger charge is -2.10. The van der Waals surface area contributed by atoms with Crippen LogP contribution in [0.4, 0.5) is 5.82 Å². The van der Waals surface area contributed by atoms with Gasteiger partial charge in [0.05, 0.1) is 15.8 Å². The number of nitrogens with one attached hydrogen (secondary N) is 1. The van der Waals surface area contributed by atoms with Crippen LogP contribution >= 0.6 is 27.3 Å². The van der Waals surface area contributed by atoms with Gasteiger partial charge in [-0.05, 0) is 46.6 Å². The second-order valence-corrected chi connectivity index (χ2v) is 7.50. The number of aromatic nitrogens is 2. The number of anilines is 1. The third kappa shape index (κ3) is 2.14. The minimum absolute atomic E-state index is 0.820. The molecule has 0 radical (unpaired) electrons. The molecule has 0 bridgehead atoms. The number of nitrogens with zero attached hydrogens (tertiary/aromatic N) is 2. The third-order valence-corrected chi connectivity index (χ3v) is 5.40. The Morgan fingerprint density at radius 3 is 2.91 bits per heavy atom. The number of benzene rings is 1. The first-order valence-electron chi connectivity index (χ1n) is 7.03. The summed E-state index contributed by atoms with van der Waals surface area (Å²) < 4.78 is 8.57. The second kappa shape index (κ2) is 5.44. The van der Waals surface area contributed by atoms with Crippen LogP contribution in [0.3, 0.4) is 0 Å². The van der Waals surface area contributed by atoms with Crippen molar-refractivity contribution in [3.63, 3.8) is 0 Å². The monoisotopic (exact) mass is 375 g/mol. The normalized spacial score (nSPS) is 13.0. The lowest BCUT2D eigenvalue weighted by Crippen LogP contribution is -2.05. The molecule has 1 aromatic carbocycles. The summed E-state index contributed by atoms with van der Waals surface area (Å²) in [6.07, 6.45) is 0.995. The molecule has 0 unspecified atom stereocenters. The molecule has 112 valence electrons.